The third-order valence-electron chi connectivity index (χ3n) is 5.44. The van der Waals surface area contributed by atoms with E-state index < -0.39 is 0 Å². The zero-order chi connectivity index (χ0) is 23.9. The number of ether oxygens (including phenoxy) is 1. The zero-order valence-electron chi connectivity index (χ0n) is 19.2. The summed E-state index contributed by atoms with van der Waals surface area (Å²) in [6, 6.07) is 23.0. The van der Waals surface area contributed by atoms with Gasteiger partial charge in [0.15, 0.2) is 0 Å². The fourth-order valence-corrected chi connectivity index (χ4v) is 4.60. The van der Waals surface area contributed by atoms with Gasteiger partial charge in [-0.2, -0.15) is 0 Å². The first-order valence-corrected chi connectivity index (χ1v) is 12.0. The molecule has 0 spiro atoms. The zero-order valence-corrected chi connectivity index (χ0v) is 20.0. The van der Waals surface area contributed by atoms with E-state index in [4.69, 9.17) is 4.74 Å². The van der Waals surface area contributed by atoms with E-state index in [2.05, 4.69) is 21.3 Å². The van der Waals surface area contributed by atoms with Crippen LogP contribution in [0, 0.1) is 6.92 Å². The Labute approximate surface area is 203 Å². The number of carbonyl (C=O) groups excluding carboxylic acids is 2. The number of amides is 2. The smallest absolute Gasteiger partial charge is 0.255 e. The summed E-state index contributed by atoms with van der Waals surface area (Å²) in [5.41, 5.74) is 3.53. The van der Waals surface area contributed by atoms with Gasteiger partial charge in [0.1, 0.15) is 5.75 Å². The third-order valence-corrected chi connectivity index (χ3v) is 6.48. The maximum Gasteiger partial charge on any atom is 0.255 e. The van der Waals surface area contributed by atoms with Crippen molar-refractivity contribution in [1.29, 1.82) is 0 Å². The van der Waals surface area contributed by atoms with Crippen LogP contribution < -0.4 is 15.4 Å². The summed E-state index contributed by atoms with van der Waals surface area (Å²) >= 11 is 1.51. The second-order valence-electron chi connectivity index (χ2n) is 7.86. The summed E-state index contributed by atoms with van der Waals surface area (Å²) in [7, 11) is 1.55. The molecule has 4 rings (SSSR count). The van der Waals surface area contributed by atoms with Gasteiger partial charge in [0.05, 0.1) is 18.4 Å². The van der Waals surface area contributed by atoms with Crippen LogP contribution in [-0.4, -0.2) is 35.8 Å². The number of para-hydroxylation sites is 2. The lowest BCUT2D eigenvalue weighted by molar-refractivity contribution is -0.113. The van der Waals surface area contributed by atoms with Crippen LogP contribution in [-0.2, 0) is 11.3 Å². The predicted molar refractivity (Wildman–Crippen MR) is 138 cm³/mol. The summed E-state index contributed by atoms with van der Waals surface area (Å²) < 4.78 is 7.39. The summed E-state index contributed by atoms with van der Waals surface area (Å²) in [5.74, 6) is 0.645. The number of carbonyl (C=O) groups is 2. The Morgan fingerprint density at radius 3 is 2.50 bits per heavy atom. The lowest BCUT2D eigenvalue weighted by Gasteiger charge is -2.10. The van der Waals surface area contributed by atoms with Crippen LogP contribution in [0.5, 0.6) is 5.75 Å². The van der Waals surface area contributed by atoms with Gasteiger partial charge in [0.25, 0.3) is 5.91 Å². The number of nitrogens with zero attached hydrogens (tertiary/aromatic N) is 1. The third kappa shape index (κ3) is 5.61. The van der Waals surface area contributed by atoms with E-state index in [9.17, 15) is 9.59 Å². The average Bonchev–Trinajstić information content (AvgIpc) is 3.21. The number of rotatable bonds is 9. The van der Waals surface area contributed by atoms with Crippen LogP contribution in [0.25, 0.3) is 10.9 Å². The highest BCUT2D eigenvalue weighted by Crippen LogP contribution is 2.30. The summed E-state index contributed by atoms with van der Waals surface area (Å²) in [4.78, 5) is 26.1. The van der Waals surface area contributed by atoms with Crippen LogP contribution >= 0.6 is 11.8 Å². The molecular weight excluding hydrogens is 446 g/mol. The molecule has 0 aliphatic heterocycles. The van der Waals surface area contributed by atoms with E-state index >= 15 is 0 Å². The Hall–Kier alpha value is -3.71. The molecule has 0 radical (unpaired) electrons. The standard InChI is InChI=1S/C27H27N3O3S/c1-19-11-13-20(14-12-19)29-26(31)18-34-25-17-30(23-9-5-3-7-21(23)25)16-15-28-27(32)22-8-4-6-10-24(22)33-2/h3-14,17H,15-16,18H2,1-2H3,(H,28,32)(H,29,31). The van der Waals surface area contributed by atoms with E-state index in [0.717, 1.165) is 27.0 Å². The number of aryl methyl sites for hydroxylation is 1. The van der Waals surface area contributed by atoms with Crippen molar-refractivity contribution in [2.45, 2.75) is 18.4 Å². The molecule has 3 aromatic carbocycles. The summed E-state index contributed by atoms with van der Waals surface area (Å²) in [5, 5.41) is 7.00. The molecule has 6 nitrogen and oxygen atoms in total. The molecule has 4 aromatic rings. The van der Waals surface area contributed by atoms with Crippen molar-refractivity contribution in [2.75, 3.05) is 24.7 Å². The van der Waals surface area contributed by atoms with Gasteiger partial charge in [0.2, 0.25) is 5.91 Å². The van der Waals surface area contributed by atoms with E-state index in [1.54, 1.807) is 19.2 Å². The molecule has 174 valence electrons. The number of methoxy groups -OCH3 is 1. The van der Waals surface area contributed by atoms with E-state index in [1.165, 1.54) is 11.8 Å². The Morgan fingerprint density at radius 1 is 0.971 bits per heavy atom. The van der Waals surface area contributed by atoms with Crippen LogP contribution in [0.2, 0.25) is 0 Å². The fraction of sp³-hybridized carbons (Fsp3) is 0.185. The normalized spacial score (nSPS) is 10.8. The van der Waals surface area contributed by atoms with E-state index in [1.807, 2.05) is 67.7 Å². The molecule has 0 saturated carbocycles. The van der Waals surface area contributed by atoms with Gasteiger partial charge in [-0.15, -0.1) is 11.8 Å². The predicted octanol–water partition coefficient (Wildman–Crippen LogP) is 5.12. The average molecular weight is 474 g/mol. The number of hydrogen-bond acceptors (Lipinski definition) is 4. The van der Waals surface area contributed by atoms with Crippen LogP contribution in [0.15, 0.2) is 83.9 Å². The van der Waals surface area contributed by atoms with Crippen molar-refractivity contribution in [3.8, 4) is 5.75 Å². The lowest BCUT2D eigenvalue weighted by Crippen LogP contribution is -2.27. The van der Waals surface area contributed by atoms with E-state index in [0.29, 0.717) is 30.2 Å². The van der Waals surface area contributed by atoms with Gasteiger partial charge in [0, 0.05) is 40.8 Å². The first kappa shape index (κ1) is 23.4. The molecule has 2 N–H and O–H groups in total. The van der Waals surface area contributed by atoms with E-state index in [-0.39, 0.29) is 11.8 Å². The molecule has 0 fully saturated rings. The molecule has 1 aromatic heterocycles. The molecule has 0 saturated heterocycles. The molecule has 0 atom stereocenters. The first-order chi connectivity index (χ1) is 16.5. The molecule has 0 aliphatic rings. The van der Waals surface area contributed by atoms with Gasteiger partial charge in [-0.25, -0.2) is 0 Å². The van der Waals surface area contributed by atoms with Crippen molar-refractivity contribution in [3.63, 3.8) is 0 Å². The second kappa shape index (κ2) is 10.9. The molecule has 0 aliphatic carbocycles. The van der Waals surface area contributed by atoms with Crippen LogP contribution in [0.3, 0.4) is 0 Å². The van der Waals surface area contributed by atoms with Gasteiger partial charge < -0.3 is 19.9 Å². The minimum absolute atomic E-state index is 0.0465. The highest BCUT2D eigenvalue weighted by atomic mass is 32.2. The quantitative estimate of drug-likeness (QED) is 0.331. The van der Waals surface area contributed by atoms with Crippen molar-refractivity contribution >= 4 is 40.2 Å². The van der Waals surface area contributed by atoms with Crippen molar-refractivity contribution < 1.29 is 14.3 Å². The summed E-state index contributed by atoms with van der Waals surface area (Å²) in [6.07, 6.45) is 2.05. The number of thioether (sulfide) groups is 1. The number of nitrogens with one attached hydrogen (secondary N) is 2. The highest BCUT2D eigenvalue weighted by Gasteiger charge is 2.13. The van der Waals surface area contributed by atoms with Crippen molar-refractivity contribution in [1.82, 2.24) is 9.88 Å². The Morgan fingerprint density at radius 2 is 1.71 bits per heavy atom. The minimum atomic E-state index is -0.170. The molecule has 34 heavy (non-hydrogen) atoms. The Kier molecular flexibility index (Phi) is 7.54. The Bertz CT molecular complexity index is 1300. The number of benzene rings is 3. The fourth-order valence-electron chi connectivity index (χ4n) is 3.71. The molecule has 7 heteroatoms. The lowest BCUT2D eigenvalue weighted by atomic mass is 10.2. The second-order valence-corrected chi connectivity index (χ2v) is 8.88. The van der Waals surface area contributed by atoms with Gasteiger partial charge in [-0.3, -0.25) is 9.59 Å². The monoisotopic (exact) mass is 473 g/mol. The SMILES string of the molecule is COc1ccccc1C(=O)NCCn1cc(SCC(=O)Nc2ccc(C)cc2)c2ccccc21. The van der Waals surface area contributed by atoms with Crippen LogP contribution in [0.1, 0.15) is 15.9 Å². The minimum Gasteiger partial charge on any atom is -0.496 e. The highest BCUT2D eigenvalue weighted by molar-refractivity contribution is 8.00. The van der Waals surface area contributed by atoms with Gasteiger partial charge >= 0.3 is 0 Å². The maximum absolute atomic E-state index is 12.6. The van der Waals surface area contributed by atoms with Gasteiger partial charge in [-0.05, 0) is 37.3 Å². The van der Waals surface area contributed by atoms with Gasteiger partial charge in [-0.1, -0.05) is 48.0 Å². The van der Waals surface area contributed by atoms with Crippen molar-refractivity contribution in [2.24, 2.45) is 0 Å². The molecular formula is C27H27N3O3S. The Balaban J connectivity index is 1.39. The molecule has 2 amide bonds. The number of anilines is 1. The maximum atomic E-state index is 12.6. The van der Waals surface area contributed by atoms with Crippen molar-refractivity contribution in [3.05, 3.63) is 90.1 Å². The number of aromatic nitrogens is 1. The summed E-state index contributed by atoms with van der Waals surface area (Å²) in [6.45, 7) is 3.09. The van der Waals surface area contributed by atoms with Crippen LogP contribution in [0.4, 0.5) is 5.69 Å². The first-order valence-electron chi connectivity index (χ1n) is 11.0. The topological polar surface area (TPSA) is 72.4 Å². The largest absolute Gasteiger partial charge is 0.496 e. The number of hydrogen-bond donors (Lipinski definition) is 2. The molecule has 0 bridgehead atoms. The molecule has 0 unspecified atom stereocenters. The molecule has 1 heterocycles. The number of fused-ring (bicyclic) bond motifs is 1.